The standard InChI is InChI=1S/C15H12N2O/c1-3-7-12(8-4-1)14-11-18-15(17-16-14)13-9-5-2-6-10-13/h1-11,15H. The second kappa shape index (κ2) is 4.84. The van der Waals surface area contributed by atoms with E-state index in [2.05, 4.69) is 10.2 Å². The van der Waals surface area contributed by atoms with Gasteiger partial charge >= 0.3 is 0 Å². The van der Waals surface area contributed by atoms with E-state index in [1.807, 2.05) is 60.7 Å². The number of hydrogen-bond donors (Lipinski definition) is 0. The lowest BCUT2D eigenvalue weighted by Gasteiger charge is -2.16. The lowest BCUT2D eigenvalue weighted by atomic mass is 10.2. The molecule has 0 bridgehead atoms. The smallest absolute Gasteiger partial charge is 0.234 e. The molecule has 0 saturated carbocycles. The fraction of sp³-hybridized carbons (Fsp3) is 0.0667. The molecule has 0 fully saturated rings. The predicted octanol–water partition coefficient (Wildman–Crippen LogP) is 4.17. The lowest BCUT2D eigenvalue weighted by molar-refractivity contribution is 0.141. The van der Waals surface area contributed by atoms with E-state index >= 15 is 0 Å². The van der Waals surface area contributed by atoms with Crippen LogP contribution in [0.4, 0.5) is 0 Å². The molecule has 18 heavy (non-hydrogen) atoms. The molecule has 0 aliphatic carbocycles. The van der Waals surface area contributed by atoms with E-state index in [1.165, 1.54) is 0 Å². The van der Waals surface area contributed by atoms with Crippen molar-refractivity contribution in [3.05, 3.63) is 78.1 Å². The first-order valence-electron chi connectivity index (χ1n) is 5.80. The van der Waals surface area contributed by atoms with Gasteiger partial charge in [0.15, 0.2) is 0 Å². The van der Waals surface area contributed by atoms with E-state index in [0.717, 1.165) is 16.8 Å². The van der Waals surface area contributed by atoms with Gasteiger partial charge in [-0.1, -0.05) is 60.7 Å². The summed E-state index contributed by atoms with van der Waals surface area (Å²) in [6.07, 6.45) is 1.33. The molecule has 1 aliphatic heterocycles. The maximum Gasteiger partial charge on any atom is 0.234 e. The van der Waals surface area contributed by atoms with Crippen molar-refractivity contribution in [2.24, 2.45) is 10.2 Å². The predicted molar refractivity (Wildman–Crippen MR) is 69.5 cm³/mol. The van der Waals surface area contributed by atoms with Crippen LogP contribution in [-0.2, 0) is 4.74 Å². The number of hydrogen-bond acceptors (Lipinski definition) is 3. The van der Waals surface area contributed by atoms with Crippen LogP contribution in [0.5, 0.6) is 0 Å². The zero-order chi connectivity index (χ0) is 12.2. The van der Waals surface area contributed by atoms with E-state index in [0.29, 0.717) is 0 Å². The Labute approximate surface area is 105 Å². The number of benzene rings is 2. The molecule has 3 rings (SSSR count). The molecule has 0 N–H and O–H groups in total. The maximum atomic E-state index is 5.61. The lowest BCUT2D eigenvalue weighted by Crippen LogP contribution is -2.00. The molecule has 0 aromatic heterocycles. The molecule has 3 nitrogen and oxygen atoms in total. The van der Waals surface area contributed by atoms with Crippen molar-refractivity contribution in [2.75, 3.05) is 0 Å². The van der Waals surface area contributed by atoms with Crippen LogP contribution in [-0.4, -0.2) is 0 Å². The van der Waals surface area contributed by atoms with Gasteiger partial charge in [0.2, 0.25) is 6.23 Å². The molecule has 0 spiro atoms. The van der Waals surface area contributed by atoms with Crippen molar-refractivity contribution in [3.8, 4) is 0 Å². The maximum absolute atomic E-state index is 5.61. The first-order valence-corrected chi connectivity index (χ1v) is 5.80. The molecule has 3 heteroatoms. The van der Waals surface area contributed by atoms with Crippen LogP contribution < -0.4 is 0 Å². The van der Waals surface area contributed by atoms with Crippen LogP contribution in [0.2, 0.25) is 0 Å². The van der Waals surface area contributed by atoms with Gasteiger partial charge in [-0.2, -0.15) is 0 Å². The highest BCUT2D eigenvalue weighted by Crippen LogP contribution is 2.28. The van der Waals surface area contributed by atoms with E-state index in [9.17, 15) is 0 Å². The van der Waals surface area contributed by atoms with Crippen molar-refractivity contribution in [2.45, 2.75) is 6.23 Å². The SMILES string of the molecule is C1=C(c2ccccc2)N=NC(c2ccccc2)O1. The van der Waals surface area contributed by atoms with Gasteiger partial charge in [0.25, 0.3) is 0 Å². The minimum atomic E-state index is -0.335. The summed E-state index contributed by atoms with van der Waals surface area (Å²) in [4.78, 5) is 0. The Balaban J connectivity index is 1.79. The Bertz CT molecular complexity index is 576. The molecule has 1 unspecified atom stereocenters. The molecule has 1 atom stereocenters. The number of rotatable bonds is 2. The number of azo groups is 1. The largest absolute Gasteiger partial charge is 0.468 e. The van der Waals surface area contributed by atoms with Crippen LogP contribution in [0.15, 0.2) is 77.2 Å². The van der Waals surface area contributed by atoms with Crippen LogP contribution >= 0.6 is 0 Å². The van der Waals surface area contributed by atoms with Gasteiger partial charge in [-0.3, -0.25) is 0 Å². The van der Waals surface area contributed by atoms with Crippen LogP contribution in [0.1, 0.15) is 17.4 Å². The van der Waals surface area contributed by atoms with Gasteiger partial charge in [0.1, 0.15) is 12.0 Å². The minimum absolute atomic E-state index is 0.335. The second-order valence-corrected chi connectivity index (χ2v) is 3.98. The second-order valence-electron chi connectivity index (χ2n) is 3.98. The average Bonchev–Trinajstić information content (AvgIpc) is 2.49. The van der Waals surface area contributed by atoms with Crippen molar-refractivity contribution in [1.29, 1.82) is 0 Å². The third-order valence-electron chi connectivity index (χ3n) is 2.73. The van der Waals surface area contributed by atoms with E-state index in [1.54, 1.807) is 6.26 Å². The quantitative estimate of drug-likeness (QED) is 0.770. The van der Waals surface area contributed by atoms with Crippen LogP contribution in [0, 0.1) is 0 Å². The zero-order valence-corrected chi connectivity index (χ0v) is 9.73. The van der Waals surface area contributed by atoms with E-state index in [-0.39, 0.29) is 6.23 Å². The van der Waals surface area contributed by atoms with Gasteiger partial charge in [0, 0.05) is 11.1 Å². The van der Waals surface area contributed by atoms with Crippen molar-refractivity contribution in [1.82, 2.24) is 0 Å². The first-order chi connectivity index (χ1) is 8.93. The Hall–Kier alpha value is -2.42. The summed E-state index contributed by atoms with van der Waals surface area (Å²) in [5.74, 6) is 0. The fourth-order valence-corrected chi connectivity index (χ4v) is 1.79. The summed E-state index contributed by atoms with van der Waals surface area (Å²) < 4.78 is 5.61. The molecule has 2 aromatic carbocycles. The Kier molecular flexibility index (Phi) is 2.88. The number of ether oxygens (including phenoxy) is 1. The van der Waals surface area contributed by atoms with Crippen LogP contribution in [0.25, 0.3) is 5.70 Å². The van der Waals surface area contributed by atoms with Crippen LogP contribution in [0.3, 0.4) is 0 Å². The van der Waals surface area contributed by atoms with E-state index < -0.39 is 0 Å². The molecule has 2 aromatic rings. The van der Waals surface area contributed by atoms with E-state index in [4.69, 9.17) is 4.74 Å². The summed E-state index contributed by atoms with van der Waals surface area (Å²) in [6, 6.07) is 19.7. The third kappa shape index (κ3) is 2.15. The highest BCUT2D eigenvalue weighted by molar-refractivity contribution is 5.63. The molecule has 1 heterocycles. The average molecular weight is 236 g/mol. The summed E-state index contributed by atoms with van der Waals surface area (Å²) in [6.45, 7) is 0. The minimum Gasteiger partial charge on any atom is -0.468 e. The van der Waals surface area contributed by atoms with Gasteiger partial charge in [0.05, 0.1) is 0 Å². The molecule has 0 saturated heterocycles. The molecule has 0 radical (unpaired) electrons. The molecule has 88 valence electrons. The third-order valence-corrected chi connectivity index (χ3v) is 2.73. The highest BCUT2D eigenvalue weighted by Gasteiger charge is 2.14. The zero-order valence-electron chi connectivity index (χ0n) is 9.73. The Morgan fingerprint density at radius 3 is 2.11 bits per heavy atom. The Morgan fingerprint density at radius 2 is 1.50 bits per heavy atom. The van der Waals surface area contributed by atoms with Gasteiger partial charge in [-0.25, -0.2) is 0 Å². The van der Waals surface area contributed by atoms with Gasteiger partial charge < -0.3 is 4.74 Å². The monoisotopic (exact) mass is 236 g/mol. The van der Waals surface area contributed by atoms with Crippen molar-refractivity contribution < 1.29 is 4.74 Å². The summed E-state index contributed by atoms with van der Waals surface area (Å²) in [5, 5.41) is 8.41. The molecular formula is C15H12N2O. The number of nitrogens with zero attached hydrogens (tertiary/aromatic N) is 2. The summed E-state index contributed by atoms with van der Waals surface area (Å²) in [7, 11) is 0. The molecule has 0 amide bonds. The van der Waals surface area contributed by atoms with Gasteiger partial charge in [-0.05, 0) is 0 Å². The molecule has 1 aliphatic rings. The van der Waals surface area contributed by atoms with Crippen molar-refractivity contribution in [3.63, 3.8) is 0 Å². The summed E-state index contributed by atoms with van der Waals surface area (Å²) >= 11 is 0. The first kappa shape index (κ1) is 10.7. The van der Waals surface area contributed by atoms with Gasteiger partial charge in [-0.15, -0.1) is 10.2 Å². The fourth-order valence-electron chi connectivity index (χ4n) is 1.79. The molecular weight excluding hydrogens is 224 g/mol. The van der Waals surface area contributed by atoms with Crippen molar-refractivity contribution >= 4 is 5.70 Å². The highest BCUT2D eigenvalue weighted by atomic mass is 16.5. The summed E-state index contributed by atoms with van der Waals surface area (Å²) in [5.41, 5.74) is 2.76. The Morgan fingerprint density at radius 1 is 0.833 bits per heavy atom. The topological polar surface area (TPSA) is 34.0 Å². The normalized spacial score (nSPS) is 18.0.